The third-order valence-corrected chi connectivity index (χ3v) is 1.82. The summed E-state index contributed by atoms with van der Waals surface area (Å²) in [5.74, 6) is 0.694. The van der Waals surface area contributed by atoms with E-state index in [-0.39, 0.29) is 0 Å². The minimum Gasteiger partial charge on any atom is -0.381 e. The van der Waals surface area contributed by atoms with E-state index in [2.05, 4.69) is 20.8 Å². The van der Waals surface area contributed by atoms with E-state index in [1.807, 2.05) is 0 Å². The van der Waals surface area contributed by atoms with Crippen LogP contribution in [0.2, 0.25) is 0 Å². The molecule has 0 aliphatic rings. The van der Waals surface area contributed by atoms with Crippen molar-refractivity contribution in [3.63, 3.8) is 0 Å². The number of hydrogen-bond donors (Lipinski definition) is 0. The predicted molar refractivity (Wildman–Crippen MR) is 35.9 cm³/mol. The van der Waals surface area contributed by atoms with Gasteiger partial charge in [-0.05, 0) is 12.8 Å². The fraction of sp³-hybridized carbons (Fsp3) is 1.00. The minimum atomic E-state index is 0.417. The molecular weight excluding hydrogens is 100 g/mol. The molecule has 2 unspecified atom stereocenters. The molecule has 0 saturated carbocycles. The van der Waals surface area contributed by atoms with Crippen LogP contribution in [0.3, 0.4) is 0 Å². The molecule has 8 heavy (non-hydrogen) atoms. The molecule has 0 radical (unpaired) electrons. The summed E-state index contributed by atoms with van der Waals surface area (Å²) >= 11 is 0. The highest BCUT2D eigenvalue weighted by Crippen LogP contribution is 2.08. The SMILES string of the molecule is CCC(C)C(C)OC. The lowest BCUT2D eigenvalue weighted by molar-refractivity contribution is 0.0723. The van der Waals surface area contributed by atoms with Crippen LogP contribution in [0, 0.1) is 5.92 Å². The first-order chi connectivity index (χ1) is 3.72. The van der Waals surface area contributed by atoms with Gasteiger partial charge in [0.1, 0.15) is 0 Å². The van der Waals surface area contributed by atoms with Crippen molar-refractivity contribution in [1.82, 2.24) is 0 Å². The van der Waals surface area contributed by atoms with Gasteiger partial charge in [-0.2, -0.15) is 0 Å². The van der Waals surface area contributed by atoms with Crippen molar-refractivity contribution in [2.24, 2.45) is 5.92 Å². The van der Waals surface area contributed by atoms with Crippen LogP contribution in [0.4, 0.5) is 0 Å². The first kappa shape index (κ1) is 7.96. The molecule has 0 saturated heterocycles. The van der Waals surface area contributed by atoms with Crippen molar-refractivity contribution >= 4 is 0 Å². The van der Waals surface area contributed by atoms with Gasteiger partial charge < -0.3 is 4.74 Å². The van der Waals surface area contributed by atoms with Crippen LogP contribution in [0.15, 0.2) is 0 Å². The highest BCUT2D eigenvalue weighted by Gasteiger charge is 2.06. The molecule has 0 aromatic rings. The Morgan fingerprint density at radius 3 is 2.00 bits per heavy atom. The fourth-order valence-corrected chi connectivity index (χ4v) is 0.564. The fourth-order valence-electron chi connectivity index (χ4n) is 0.564. The standard InChI is InChI=1S/C7H16O/c1-5-6(2)7(3)8-4/h6-7H,5H2,1-4H3. The van der Waals surface area contributed by atoms with Crippen molar-refractivity contribution in [3.8, 4) is 0 Å². The summed E-state index contributed by atoms with van der Waals surface area (Å²) in [4.78, 5) is 0. The van der Waals surface area contributed by atoms with E-state index in [1.54, 1.807) is 7.11 Å². The molecule has 0 heterocycles. The van der Waals surface area contributed by atoms with E-state index in [0.717, 1.165) is 0 Å². The summed E-state index contributed by atoms with van der Waals surface area (Å²) in [5.41, 5.74) is 0. The van der Waals surface area contributed by atoms with Crippen molar-refractivity contribution < 1.29 is 4.74 Å². The Balaban J connectivity index is 3.29. The summed E-state index contributed by atoms with van der Waals surface area (Å²) in [7, 11) is 1.76. The van der Waals surface area contributed by atoms with E-state index in [4.69, 9.17) is 4.74 Å². The van der Waals surface area contributed by atoms with Crippen molar-refractivity contribution in [2.45, 2.75) is 33.3 Å². The van der Waals surface area contributed by atoms with Crippen molar-refractivity contribution in [3.05, 3.63) is 0 Å². The zero-order chi connectivity index (χ0) is 6.57. The molecule has 0 aliphatic carbocycles. The molecule has 50 valence electrons. The van der Waals surface area contributed by atoms with Gasteiger partial charge in [0.25, 0.3) is 0 Å². The van der Waals surface area contributed by atoms with Gasteiger partial charge in [-0.3, -0.25) is 0 Å². The van der Waals surface area contributed by atoms with Crippen LogP contribution in [-0.2, 0) is 4.74 Å². The quantitative estimate of drug-likeness (QED) is 0.548. The van der Waals surface area contributed by atoms with E-state index in [0.29, 0.717) is 12.0 Å². The van der Waals surface area contributed by atoms with Crippen LogP contribution in [-0.4, -0.2) is 13.2 Å². The number of ether oxygens (including phenoxy) is 1. The summed E-state index contributed by atoms with van der Waals surface area (Å²) < 4.78 is 5.10. The third kappa shape index (κ3) is 2.31. The largest absolute Gasteiger partial charge is 0.381 e. The Labute approximate surface area is 52.0 Å². The normalized spacial score (nSPS) is 18.0. The van der Waals surface area contributed by atoms with Crippen LogP contribution < -0.4 is 0 Å². The zero-order valence-electron chi connectivity index (χ0n) is 6.27. The molecule has 0 amide bonds. The van der Waals surface area contributed by atoms with Gasteiger partial charge >= 0.3 is 0 Å². The third-order valence-electron chi connectivity index (χ3n) is 1.82. The molecule has 0 aliphatic heterocycles. The van der Waals surface area contributed by atoms with Crippen LogP contribution in [0.25, 0.3) is 0 Å². The van der Waals surface area contributed by atoms with Crippen molar-refractivity contribution in [2.75, 3.05) is 7.11 Å². The lowest BCUT2D eigenvalue weighted by Crippen LogP contribution is -2.14. The molecule has 1 heteroatoms. The number of hydrogen-bond acceptors (Lipinski definition) is 1. The molecular formula is C7H16O. The van der Waals surface area contributed by atoms with Crippen molar-refractivity contribution in [1.29, 1.82) is 0 Å². The van der Waals surface area contributed by atoms with Gasteiger partial charge in [-0.25, -0.2) is 0 Å². The maximum absolute atomic E-state index is 5.10. The topological polar surface area (TPSA) is 9.23 Å². The van der Waals surface area contributed by atoms with Gasteiger partial charge in [0.05, 0.1) is 6.10 Å². The van der Waals surface area contributed by atoms with Gasteiger partial charge in [-0.15, -0.1) is 0 Å². The Hall–Kier alpha value is -0.0400. The average molecular weight is 116 g/mol. The number of rotatable bonds is 3. The number of methoxy groups -OCH3 is 1. The second kappa shape index (κ2) is 3.90. The van der Waals surface area contributed by atoms with E-state index in [1.165, 1.54) is 6.42 Å². The van der Waals surface area contributed by atoms with Crippen LogP contribution in [0.5, 0.6) is 0 Å². The smallest absolute Gasteiger partial charge is 0.0568 e. The molecule has 0 bridgehead atoms. The maximum Gasteiger partial charge on any atom is 0.0568 e. The molecule has 0 aromatic heterocycles. The maximum atomic E-state index is 5.10. The summed E-state index contributed by atoms with van der Waals surface area (Å²) in [6.07, 6.45) is 1.62. The first-order valence-corrected chi connectivity index (χ1v) is 3.25. The molecule has 0 spiro atoms. The van der Waals surface area contributed by atoms with E-state index < -0.39 is 0 Å². The molecule has 0 aromatic carbocycles. The summed E-state index contributed by atoms with van der Waals surface area (Å²) in [6, 6.07) is 0. The predicted octanol–water partition coefficient (Wildman–Crippen LogP) is 2.07. The molecule has 0 rings (SSSR count). The van der Waals surface area contributed by atoms with E-state index >= 15 is 0 Å². The highest BCUT2D eigenvalue weighted by atomic mass is 16.5. The Kier molecular flexibility index (Phi) is 3.88. The van der Waals surface area contributed by atoms with E-state index in [9.17, 15) is 0 Å². The van der Waals surface area contributed by atoms with Crippen LogP contribution >= 0.6 is 0 Å². The van der Waals surface area contributed by atoms with Gasteiger partial charge in [0.15, 0.2) is 0 Å². The molecule has 0 fully saturated rings. The summed E-state index contributed by atoms with van der Waals surface area (Å²) in [6.45, 7) is 6.49. The van der Waals surface area contributed by atoms with Gasteiger partial charge in [0.2, 0.25) is 0 Å². The zero-order valence-corrected chi connectivity index (χ0v) is 6.27. The second-order valence-corrected chi connectivity index (χ2v) is 2.33. The lowest BCUT2D eigenvalue weighted by atomic mass is 10.0. The average Bonchev–Trinajstić information content (AvgIpc) is 1.84. The molecule has 2 atom stereocenters. The minimum absolute atomic E-state index is 0.417. The van der Waals surface area contributed by atoms with Gasteiger partial charge in [0, 0.05) is 7.11 Å². The van der Waals surface area contributed by atoms with Crippen LogP contribution in [0.1, 0.15) is 27.2 Å². The first-order valence-electron chi connectivity index (χ1n) is 3.25. The second-order valence-electron chi connectivity index (χ2n) is 2.33. The molecule has 1 nitrogen and oxygen atoms in total. The Morgan fingerprint density at radius 2 is 1.88 bits per heavy atom. The van der Waals surface area contributed by atoms with Gasteiger partial charge in [-0.1, -0.05) is 20.3 Å². The Bertz CT molecular complexity index is 44.3. The highest BCUT2D eigenvalue weighted by molar-refractivity contribution is 4.56. The monoisotopic (exact) mass is 116 g/mol. The molecule has 0 N–H and O–H groups in total. The Morgan fingerprint density at radius 1 is 1.38 bits per heavy atom. The lowest BCUT2D eigenvalue weighted by Gasteiger charge is -2.15. The summed E-state index contributed by atoms with van der Waals surface area (Å²) in [5, 5.41) is 0.